The van der Waals surface area contributed by atoms with Crippen molar-refractivity contribution in [3.8, 4) is 0 Å². The standard InChI is InChI=1S/C19H26N2O2/c1-3-18(22)16-7-6-15-8-10-21(17(15)11-16)19(23)13-20-9-4-5-14(2)12-20/h6-7,11,14H,3-5,8-10,12-13H2,1-2H3/t14-/m0/s1. The Morgan fingerprint density at radius 1 is 1.26 bits per heavy atom. The molecule has 1 amide bonds. The van der Waals surface area contributed by atoms with Gasteiger partial charge in [-0.25, -0.2) is 0 Å². The Kier molecular flexibility index (Phi) is 4.81. The van der Waals surface area contributed by atoms with Crippen LogP contribution in [0.4, 0.5) is 5.69 Å². The van der Waals surface area contributed by atoms with Gasteiger partial charge in [0.05, 0.1) is 6.54 Å². The van der Waals surface area contributed by atoms with Gasteiger partial charge in [-0.2, -0.15) is 0 Å². The van der Waals surface area contributed by atoms with Crippen molar-refractivity contribution in [2.45, 2.75) is 39.5 Å². The first-order valence-electron chi connectivity index (χ1n) is 8.77. The first kappa shape index (κ1) is 16.2. The van der Waals surface area contributed by atoms with Crippen LogP contribution in [0.5, 0.6) is 0 Å². The SMILES string of the molecule is CCC(=O)c1ccc2c(c1)N(C(=O)CN1CCC[C@H](C)C1)CC2. The van der Waals surface area contributed by atoms with Crippen LogP contribution in [0.1, 0.15) is 49.0 Å². The average molecular weight is 314 g/mol. The van der Waals surface area contributed by atoms with E-state index in [1.54, 1.807) is 0 Å². The third-order valence-electron chi connectivity index (χ3n) is 5.02. The topological polar surface area (TPSA) is 40.6 Å². The Morgan fingerprint density at radius 3 is 2.83 bits per heavy atom. The number of anilines is 1. The van der Waals surface area contributed by atoms with E-state index < -0.39 is 0 Å². The number of carbonyl (C=O) groups is 2. The summed E-state index contributed by atoms with van der Waals surface area (Å²) in [6, 6.07) is 5.81. The Bertz CT molecular complexity index is 611. The molecule has 0 bridgehead atoms. The van der Waals surface area contributed by atoms with E-state index in [1.165, 1.54) is 18.4 Å². The van der Waals surface area contributed by atoms with Gasteiger partial charge in [-0.15, -0.1) is 0 Å². The second kappa shape index (κ2) is 6.83. The fourth-order valence-corrected chi connectivity index (χ4v) is 3.72. The van der Waals surface area contributed by atoms with Crippen LogP contribution in [0.2, 0.25) is 0 Å². The van der Waals surface area contributed by atoms with E-state index in [0.717, 1.165) is 37.3 Å². The van der Waals surface area contributed by atoms with Crippen LogP contribution in [-0.4, -0.2) is 42.8 Å². The van der Waals surface area contributed by atoms with Crippen molar-refractivity contribution in [2.24, 2.45) is 5.92 Å². The van der Waals surface area contributed by atoms with Crippen molar-refractivity contribution in [1.82, 2.24) is 4.90 Å². The molecule has 1 atom stereocenters. The predicted octanol–water partition coefficient (Wildman–Crippen LogP) is 2.90. The number of carbonyl (C=O) groups excluding carboxylic acids is 2. The number of amides is 1. The first-order valence-corrected chi connectivity index (χ1v) is 8.77. The first-order chi connectivity index (χ1) is 11.1. The smallest absolute Gasteiger partial charge is 0.241 e. The summed E-state index contributed by atoms with van der Waals surface area (Å²) in [6.45, 7) is 7.39. The molecule has 124 valence electrons. The number of piperidine rings is 1. The Hall–Kier alpha value is -1.68. The molecule has 0 aromatic heterocycles. The molecule has 2 heterocycles. The van der Waals surface area contributed by atoms with E-state index >= 15 is 0 Å². The summed E-state index contributed by atoms with van der Waals surface area (Å²) in [5.41, 5.74) is 2.84. The van der Waals surface area contributed by atoms with Gasteiger partial charge >= 0.3 is 0 Å². The minimum Gasteiger partial charge on any atom is -0.311 e. The number of Topliss-reactive ketones (excluding diaryl/α,β-unsaturated/α-hetero) is 1. The van der Waals surface area contributed by atoms with Gasteiger partial charge in [0.1, 0.15) is 0 Å². The molecular formula is C19H26N2O2. The lowest BCUT2D eigenvalue weighted by Gasteiger charge is -2.31. The van der Waals surface area contributed by atoms with Gasteiger partial charge in [0, 0.05) is 30.8 Å². The van der Waals surface area contributed by atoms with Crippen molar-refractivity contribution >= 4 is 17.4 Å². The number of hydrogen-bond donors (Lipinski definition) is 0. The number of nitrogens with zero attached hydrogens (tertiary/aromatic N) is 2. The highest BCUT2D eigenvalue weighted by Crippen LogP contribution is 2.30. The van der Waals surface area contributed by atoms with E-state index in [0.29, 0.717) is 18.9 Å². The van der Waals surface area contributed by atoms with Gasteiger partial charge < -0.3 is 4.90 Å². The molecular weight excluding hydrogens is 288 g/mol. The Balaban J connectivity index is 1.73. The lowest BCUT2D eigenvalue weighted by Crippen LogP contribution is -2.43. The van der Waals surface area contributed by atoms with Gasteiger partial charge in [-0.1, -0.05) is 26.0 Å². The highest BCUT2D eigenvalue weighted by Gasteiger charge is 2.27. The lowest BCUT2D eigenvalue weighted by molar-refractivity contribution is -0.120. The molecule has 2 aliphatic rings. The van der Waals surface area contributed by atoms with Crippen molar-refractivity contribution in [3.63, 3.8) is 0 Å². The van der Waals surface area contributed by atoms with Gasteiger partial charge in [0.15, 0.2) is 5.78 Å². The summed E-state index contributed by atoms with van der Waals surface area (Å²) >= 11 is 0. The normalized spacial score (nSPS) is 21.3. The maximum absolute atomic E-state index is 12.7. The Labute approximate surface area is 138 Å². The minimum absolute atomic E-state index is 0.136. The van der Waals surface area contributed by atoms with E-state index in [-0.39, 0.29) is 11.7 Å². The van der Waals surface area contributed by atoms with Crippen LogP contribution >= 0.6 is 0 Å². The average Bonchev–Trinajstić information content (AvgIpc) is 2.97. The van der Waals surface area contributed by atoms with Crippen LogP contribution in [0.15, 0.2) is 18.2 Å². The second-order valence-corrected chi connectivity index (χ2v) is 6.90. The zero-order chi connectivity index (χ0) is 16.4. The van der Waals surface area contributed by atoms with Crippen molar-refractivity contribution < 1.29 is 9.59 Å². The van der Waals surface area contributed by atoms with Gasteiger partial charge in [-0.05, 0) is 43.4 Å². The summed E-state index contributed by atoms with van der Waals surface area (Å²) in [6.07, 6.45) is 3.83. The molecule has 0 spiro atoms. The molecule has 1 fully saturated rings. The van der Waals surface area contributed by atoms with Crippen molar-refractivity contribution in [2.75, 3.05) is 31.1 Å². The number of likely N-dealkylation sites (tertiary alicyclic amines) is 1. The molecule has 0 saturated carbocycles. The van der Waals surface area contributed by atoms with Crippen LogP contribution < -0.4 is 4.90 Å². The summed E-state index contributed by atoms with van der Waals surface area (Å²) in [5.74, 6) is 0.979. The maximum atomic E-state index is 12.7. The number of hydrogen-bond acceptors (Lipinski definition) is 3. The second-order valence-electron chi connectivity index (χ2n) is 6.90. The molecule has 4 heteroatoms. The summed E-state index contributed by atoms with van der Waals surface area (Å²) in [5, 5.41) is 0. The van der Waals surface area contributed by atoms with Crippen LogP contribution in [0.3, 0.4) is 0 Å². The molecule has 0 radical (unpaired) electrons. The third kappa shape index (κ3) is 3.47. The molecule has 1 saturated heterocycles. The molecule has 3 rings (SSSR count). The summed E-state index contributed by atoms with van der Waals surface area (Å²) in [4.78, 5) is 28.8. The van der Waals surface area contributed by atoms with Crippen LogP contribution in [0.25, 0.3) is 0 Å². The van der Waals surface area contributed by atoms with E-state index in [2.05, 4.69) is 11.8 Å². The quantitative estimate of drug-likeness (QED) is 0.802. The monoisotopic (exact) mass is 314 g/mol. The van der Waals surface area contributed by atoms with Gasteiger partial charge in [-0.3, -0.25) is 14.5 Å². The van der Waals surface area contributed by atoms with Gasteiger partial charge in [0.2, 0.25) is 5.91 Å². The molecule has 0 aliphatic carbocycles. The lowest BCUT2D eigenvalue weighted by atomic mass is 10.0. The van der Waals surface area contributed by atoms with Crippen LogP contribution in [0, 0.1) is 5.92 Å². The predicted molar refractivity (Wildman–Crippen MR) is 92.0 cm³/mol. The van der Waals surface area contributed by atoms with Gasteiger partial charge in [0.25, 0.3) is 0 Å². The highest BCUT2D eigenvalue weighted by molar-refractivity contribution is 6.01. The van der Waals surface area contributed by atoms with E-state index in [4.69, 9.17) is 0 Å². The number of fused-ring (bicyclic) bond motifs is 1. The number of benzene rings is 1. The van der Waals surface area contributed by atoms with Crippen molar-refractivity contribution in [3.05, 3.63) is 29.3 Å². The summed E-state index contributed by atoms with van der Waals surface area (Å²) in [7, 11) is 0. The summed E-state index contributed by atoms with van der Waals surface area (Å²) < 4.78 is 0. The largest absolute Gasteiger partial charge is 0.311 e. The molecule has 1 aromatic rings. The van der Waals surface area contributed by atoms with E-state index in [1.807, 2.05) is 30.0 Å². The van der Waals surface area contributed by atoms with Crippen LogP contribution in [-0.2, 0) is 11.2 Å². The molecule has 23 heavy (non-hydrogen) atoms. The molecule has 1 aromatic carbocycles. The molecule has 0 unspecified atom stereocenters. The highest BCUT2D eigenvalue weighted by atomic mass is 16.2. The fraction of sp³-hybridized carbons (Fsp3) is 0.579. The molecule has 4 nitrogen and oxygen atoms in total. The minimum atomic E-state index is 0.136. The maximum Gasteiger partial charge on any atom is 0.241 e. The third-order valence-corrected chi connectivity index (χ3v) is 5.02. The zero-order valence-corrected chi connectivity index (χ0v) is 14.2. The number of ketones is 1. The van der Waals surface area contributed by atoms with E-state index in [9.17, 15) is 9.59 Å². The Morgan fingerprint density at radius 2 is 2.09 bits per heavy atom. The fourth-order valence-electron chi connectivity index (χ4n) is 3.72. The number of rotatable bonds is 4. The molecule has 2 aliphatic heterocycles. The zero-order valence-electron chi connectivity index (χ0n) is 14.2. The van der Waals surface area contributed by atoms with Crippen molar-refractivity contribution in [1.29, 1.82) is 0 Å². The molecule has 0 N–H and O–H groups in total.